The molecule has 0 spiro atoms. The van der Waals surface area contributed by atoms with Gasteiger partial charge >= 0.3 is 7.82 Å². The third kappa shape index (κ3) is 5.56. The number of hydrogen-bond donors (Lipinski definition) is 2. The van der Waals surface area contributed by atoms with Gasteiger partial charge in [-0.05, 0) is 63.1 Å². The zero-order chi connectivity index (χ0) is 23.0. The molecule has 0 aromatic heterocycles. The minimum absolute atomic E-state index is 0.118. The van der Waals surface area contributed by atoms with Gasteiger partial charge in [-0.2, -0.15) is 0 Å². The van der Waals surface area contributed by atoms with Crippen LogP contribution >= 0.6 is 7.82 Å². The lowest BCUT2D eigenvalue weighted by molar-refractivity contribution is 0.00765. The summed E-state index contributed by atoms with van der Waals surface area (Å²) in [6, 6.07) is 3.94. The molecule has 2 N–H and O–H groups in total. The number of fused-ring (bicyclic) bond motifs is 3. The van der Waals surface area contributed by atoms with E-state index in [0.29, 0.717) is 5.75 Å². The number of ether oxygens (including phenoxy) is 1. The Morgan fingerprint density at radius 2 is 1.94 bits per heavy atom. The summed E-state index contributed by atoms with van der Waals surface area (Å²) in [5.74, 6) is 1.34. The highest BCUT2D eigenvalue weighted by Crippen LogP contribution is 2.57. The molecule has 0 radical (unpaired) electrons. The molecule has 1 heterocycles. The fourth-order valence-electron chi connectivity index (χ4n) is 5.28. The van der Waals surface area contributed by atoms with Crippen molar-refractivity contribution in [1.29, 1.82) is 0 Å². The van der Waals surface area contributed by atoms with Gasteiger partial charge in [0, 0.05) is 17.4 Å². The van der Waals surface area contributed by atoms with Gasteiger partial charge in [0.05, 0.1) is 0 Å². The zero-order valence-corrected chi connectivity index (χ0v) is 20.8. The van der Waals surface area contributed by atoms with Crippen LogP contribution in [-0.2, 0) is 9.98 Å². The summed E-state index contributed by atoms with van der Waals surface area (Å²) in [6.07, 6.45) is 9.72. The molecular weight excluding hydrogens is 411 g/mol. The van der Waals surface area contributed by atoms with Crippen molar-refractivity contribution in [1.82, 2.24) is 0 Å². The highest BCUT2D eigenvalue weighted by atomic mass is 31.2. The predicted molar refractivity (Wildman–Crippen MR) is 125 cm³/mol. The van der Waals surface area contributed by atoms with Gasteiger partial charge in [0.2, 0.25) is 0 Å². The van der Waals surface area contributed by atoms with Crippen LogP contribution < -0.4 is 9.26 Å². The second-order valence-corrected chi connectivity index (χ2v) is 11.7. The molecule has 1 aliphatic heterocycles. The lowest BCUT2D eigenvalue weighted by Gasteiger charge is -2.47. The summed E-state index contributed by atoms with van der Waals surface area (Å²) >= 11 is 0. The highest BCUT2D eigenvalue weighted by Gasteiger charge is 2.46. The highest BCUT2D eigenvalue weighted by molar-refractivity contribution is 7.46. The van der Waals surface area contributed by atoms with E-state index in [1.807, 2.05) is 6.07 Å². The second-order valence-electron chi connectivity index (χ2n) is 10.6. The fourth-order valence-corrected chi connectivity index (χ4v) is 5.69. The third-order valence-corrected chi connectivity index (χ3v) is 7.58. The number of phosphoric acid groups is 1. The van der Waals surface area contributed by atoms with E-state index in [2.05, 4.69) is 53.7 Å². The molecule has 0 saturated carbocycles. The van der Waals surface area contributed by atoms with Crippen LogP contribution in [0.1, 0.15) is 104 Å². The molecule has 1 aromatic rings. The minimum atomic E-state index is -4.70. The quantitative estimate of drug-likeness (QED) is 0.253. The molecule has 3 rings (SSSR count). The van der Waals surface area contributed by atoms with E-state index in [4.69, 9.17) is 9.26 Å². The van der Waals surface area contributed by atoms with Gasteiger partial charge in [0.25, 0.3) is 0 Å². The topological polar surface area (TPSA) is 76.0 Å². The van der Waals surface area contributed by atoms with Crippen molar-refractivity contribution in [3.8, 4) is 11.5 Å². The molecule has 1 aliphatic carbocycles. The Morgan fingerprint density at radius 1 is 1.23 bits per heavy atom. The van der Waals surface area contributed by atoms with Crippen molar-refractivity contribution in [3.05, 3.63) is 34.9 Å². The molecule has 0 amide bonds. The fraction of sp³-hybridized carbons (Fsp3) is 0.680. The van der Waals surface area contributed by atoms with Crippen molar-refractivity contribution >= 4 is 7.82 Å². The van der Waals surface area contributed by atoms with Crippen LogP contribution in [0.15, 0.2) is 23.8 Å². The molecule has 0 bridgehead atoms. The smallest absolute Gasteiger partial charge is 0.487 e. The lowest BCUT2D eigenvalue weighted by atomic mass is 9.66. The summed E-state index contributed by atoms with van der Waals surface area (Å²) < 4.78 is 23.7. The van der Waals surface area contributed by atoms with Crippen LogP contribution in [0.4, 0.5) is 0 Å². The third-order valence-electron chi connectivity index (χ3n) is 7.14. The molecule has 0 saturated heterocycles. The normalized spacial score (nSPS) is 22.8. The van der Waals surface area contributed by atoms with Crippen molar-refractivity contribution in [3.63, 3.8) is 0 Å². The monoisotopic (exact) mass is 450 g/mol. The average molecular weight is 451 g/mol. The van der Waals surface area contributed by atoms with Crippen molar-refractivity contribution < 1.29 is 23.6 Å². The summed E-state index contributed by atoms with van der Waals surface area (Å²) in [5.41, 5.74) is 2.60. The first-order valence-electron chi connectivity index (χ1n) is 11.6. The van der Waals surface area contributed by atoms with E-state index in [1.54, 1.807) is 0 Å². The Balaban J connectivity index is 2.07. The van der Waals surface area contributed by atoms with Gasteiger partial charge in [-0.15, -0.1) is 0 Å². The summed E-state index contributed by atoms with van der Waals surface area (Å²) in [5, 5.41) is 0. The van der Waals surface area contributed by atoms with Gasteiger partial charge in [-0.1, -0.05) is 58.1 Å². The number of hydrogen-bond acceptors (Lipinski definition) is 3. The molecule has 0 unspecified atom stereocenters. The lowest BCUT2D eigenvalue weighted by Crippen LogP contribution is -2.45. The first kappa shape index (κ1) is 24.4. The van der Waals surface area contributed by atoms with E-state index in [-0.39, 0.29) is 28.6 Å². The standard InChI is InChI=1S/C25H39O5P/c1-7-8-9-10-13-24(3,4)18-15-21-23(22(16-18)30-31(26,27)28)19-14-17(2)11-12-20(19)25(5,6)29-21/h11,15-16,19-20H,7-10,12-14H2,1-6H3,(H2,26,27,28)/t19-,20-/m1/s1. The Kier molecular flexibility index (Phi) is 7.01. The molecule has 6 heteroatoms. The van der Waals surface area contributed by atoms with Gasteiger partial charge in [-0.25, -0.2) is 4.57 Å². The van der Waals surface area contributed by atoms with Crippen molar-refractivity contribution in [2.75, 3.05) is 0 Å². The van der Waals surface area contributed by atoms with E-state index >= 15 is 0 Å². The zero-order valence-electron chi connectivity index (χ0n) is 19.9. The first-order chi connectivity index (χ1) is 14.3. The van der Waals surface area contributed by atoms with Crippen LogP contribution in [-0.4, -0.2) is 15.4 Å². The Morgan fingerprint density at radius 3 is 2.58 bits per heavy atom. The van der Waals surface area contributed by atoms with Crippen LogP contribution in [0.25, 0.3) is 0 Å². The van der Waals surface area contributed by atoms with E-state index in [0.717, 1.165) is 36.8 Å². The minimum Gasteiger partial charge on any atom is -0.487 e. The van der Waals surface area contributed by atoms with Gasteiger partial charge in [0.15, 0.2) is 0 Å². The molecule has 2 aliphatic rings. The molecule has 1 aromatic carbocycles. The molecule has 5 nitrogen and oxygen atoms in total. The molecule has 2 atom stereocenters. The van der Waals surface area contributed by atoms with Crippen LogP contribution in [0.5, 0.6) is 11.5 Å². The molecule has 0 fully saturated rings. The maximum absolute atomic E-state index is 11.9. The number of rotatable bonds is 8. The Labute approximate surface area is 187 Å². The van der Waals surface area contributed by atoms with E-state index in [1.165, 1.54) is 24.8 Å². The summed E-state index contributed by atoms with van der Waals surface area (Å²) in [6.45, 7) is 12.9. The Bertz CT molecular complexity index is 880. The second kappa shape index (κ2) is 8.92. The first-order valence-corrected chi connectivity index (χ1v) is 13.2. The number of unbranched alkanes of at least 4 members (excludes halogenated alkanes) is 3. The summed E-state index contributed by atoms with van der Waals surface area (Å²) in [4.78, 5) is 19.3. The van der Waals surface area contributed by atoms with Gasteiger partial charge in [0.1, 0.15) is 17.1 Å². The van der Waals surface area contributed by atoms with Crippen LogP contribution in [0.3, 0.4) is 0 Å². The van der Waals surface area contributed by atoms with E-state index in [9.17, 15) is 14.4 Å². The predicted octanol–water partition coefficient (Wildman–Crippen LogP) is 7.02. The SMILES string of the molecule is CCCCCCC(C)(C)c1cc2c(c(OP(=O)(O)O)c1)[C@@H]1CC(C)=CC[C@H]1C(C)(C)O2. The van der Waals surface area contributed by atoms with E-state index < -0.39 is 7.82 Å². The average Bonchev–Trinajstić information content (AvgIpc) is 2.62. The number of allylic oxidation sites excluding steroid dienone is 2. The van der Waals surface area contributed by atoms with Crippen molar-refractivity contribution in [2.45, 2.75) is 103 Å². The maximum atomic E-state index is 11.9. The van der Waals surface area contributed by atoms with Gasteiger partial charge in [-0.3, -0.25) is 9.79 Å². The molecular formula is C25H39O5P. The van der Waals surface area contributed by atoms with Gasteiger partial charge < -0.3 is 9.26 Å². The van der Waals surface area contributed by atoms with Crippen molar-refractivity contribution in [2.24, 2.45) is 5.92 Å². The number of phosphoric ester groups is 1. The molecule has 31 heavy (non-hydrogen) atoms. The van der Waals surface area contributed by atoms with Crippen LogP contribution in [0.2, 0.25) is 0 Å². The summed E-state index contributed by atoms with van der Waals surface area (Å²) in [7, 11) is -4.70. The van der Waals surface area contributed by atoms with Crippen LogP contribution in [0, 0.1) is 5.92 Å². The molecule has 174 valence electrons. The largest absolute Gasteiger partial charge is 0.524 e. The number of benzene rings is 1. The maximum Gasteiger partial charge on any atom is 0.524 e. The Hall–Kier alpha value is -1.29.